The first-order valence-corrected chi connectivity index (χ1v) is 8.24. The highest BCUT2D eigenvalue weighted by Gasteiger charge is 2.12. The maximum Gasteiger partial charge on any atom is 0.252 e. The highest BCUT2D eigenvalue weighted by atomic mass is 79.9. The molecule has 0 aliphatic rings. The van der Waals surface area contributed by atoms with Crippen LogP contribution in [-0.4, -0.2) is 18.4 Å². The van der Waals surface area contributed by atoms with Gasteiger partial charge in [0.25, 0.3) is 5.91 Å². The Labute approximate surface area is 149 Å². The van der Waals surface area contributed by atoms with Crippen LogP contribution in [0.5, 0.6) is 0 Å². The van der Waals surface area contributed by atoms with E-state index < -0.39 is 11.7 Å². The maximum absolute atomic E-state index is 13.0. The van der Waals surface area contributed by atoms with E-state index in [9.17, 15) is 14.0 Å². The smallest absolute Gasteiger partial charge is 0.252 e. The summed E-state index contributed by atoms with van der Waals surface area (Å²) in [5, 5.41) is 5.22. The maximum atomic E-state index is 13.0. The normalized spacial score (nSPS) is 10.3. The van der Waals surface area contributed by atoms with E-state index in [1.807, 2.05) is 19.1 Å². The standard InChI is InChI=1S/C16H13Br2FN2O2/c1-9-6-10(17)2-5-14(9)21-15(22)8-20-16(23)12-4-3-11(19)7-13(12)18/h2-7H,8H2,1H3,(H,20,23)(H,21,22). The van der Waals surface area contributed by atoms with Crippen molar-refractivity contribution in [2.24, 2.45) is 0 Å². The Kier molecular flexibility index (Phi) is 5.90. The number of benzene rings is 2. The lowest BCUT2D eigenvalue weighted by Gasteiger charge is -2.10. The van der Waals surface area contributed by atoms with Gasteiger partial charge in [0.15, 0.2) is 0 Å². The molecule has 23 heavy (non-hydrogen) atoms. The molecule has 0 saturated carbocycles. The summed E-state index contributed by atoms with van der Waals surface area (Å²) in [4.78, 5) is 23.9. The molecule has 2 aromatic rings. The Hall–Kier alpha value is -1.73. The zero-order valence-corrected chi connectivity index (χ0v) is 15.3. The second kappa shape index (κ2) is 7.70. The number of rotatable bonds is 4. The van der Waals surface area contributed by atoms with Gasteiger partial charge >= 0.3 is 0 Å². The molecule has 0 aromatic heterocycles. The van der Waals surface area contributed by atoms with Crippen LogP contribution in [0.2, 0.25) is 0 Å². The summed E-state index contributed by atoms with van der Waals surface area (Å²) < 4.78 is 14.3. The van der Waals surface area contributed by atoms with E-state index in [-0.39, 0.29) is 18.0 Å². The van der Waals surface area contributed by atoms with E-state index in [1.54, 1.807) is 6.07 Å². The van der Waals surface area contributed by atoms with E-state index >= 15 is 0 Å². The molecule has 2 rings (SSSR count). The predicted molar refractivity (Wildman–Crippen MR) is 93.9 cm³/mol. The van der Waals surface area contributed by atoms with Crippen molar-refractivity contribution in [2.75, 3.05) is 11.9 Å². The Balaban J connectivity index is 1.94. The molecule has 0 unspecified atom stereocenters. The predicted octanol–water partition coefficient (Wildman–Crippen LogP) is 4.03. The van der Waals surface area contributed by atoms with Crippen molar-refractivity contribution < 1.29 is 14.0 Å². The number of halogens is 3. The topological polar surface area (TPSA) is 58.2 Å². The first kappa shape index (κ1) is 17.6. The molecule has 0 aliphatic heterocycles. The third-order valence-electron chi connectivity index (χ3n) is 3.05. The van der Waals surface area contributed by atoms with Gasteiger partial charge in [-0.15, -0.1) is 0 Å². The number of aryl methyl sites for hydroxylation is 1. The molecule has 2 N–H and O–H groups in total. The summed E-state index contributed by atoms with van der Waals surface area (Å²) in [5.41, 5.74) is 1.84. The third-order valence-corrected chi connectivity index (χ3v) is 4.20. The average Bonchev–Trinajstić information content (AvgIpc) is 2.48. The van der Waals surface area contributed by atoms with Gasteiger partial charge in [-0.2, -0.15) is 0 Å². The van der Waals surface area contributed by atoms with Crippen molar-refractivity contribution in [3.63, 3.8) is 0 Å². The minimum atomic E-state index is -0.459. The van der Waals surface area contributed by atoms with Crippen molar-refractivity contribution in [3.8, 4) is 0 Å². The van der Waals surface area contributed by atoms with Crippen molar-refractivity contribution in [1.29, 1.82) is 0 Å². The molecule has 0 saturated heterocycles. The van der Waals surface area contributed by atoms with Crippen LogP contribution in [0.3, 0.4) is 0 Å². The minimum absolute atomic E-state index is 0.182. The van der Waals surface area contributed by atoms with Gasteiger partial charge in [0.1, 0.15) is 5.82 Å². The molecule has 0 aliphatic carbocycles. The number of nitrogens with one attached hydrogen (secondary N) is 2. The molecule has 2 aromatic carbocycles. The lowest BCUT2D eigenvalue weighted by molar-refractivity contribution is -0.115. The zero-order chi connectivity index (χ0) is 17.0. The molecule has 0 fully saturated rings. The van der Waals surface area contributed by atoms with Crippen LogP contribution in [0.15, 0.2) is 45.3 Å². The van der Waals surface area contributed by atoms with Crippen molar-refractivity contribution in [2.45, 2.75) is 6.92 Å². The summed E-state index contributed by atoms with van der Waals surface area (Å²) in [6, 6.07) is 9.20. The fourth-order valence-electron chi connectivity index (χ4n) is 1.89. The van der Waals surface area contributed by atoms with Crippen LogP contribution in [-0.2, 0) is 4.79 Å². The molecule has 7 heteroatoms. The van der Waals surface area contributed by atoms with E-state index in [2.05, 4.69) is 42.5 Å². The fraction of sp³-hybridized carbons (Fsp3) is 0.125. The van der Waals surface area contributed by atoms with Crippen LogP contribution < -0.4 is 10.6 Å². The molecule has 0 atom stereocenters. The summed E-state index contributed by atoms with van der Waals surface area (Å²) >= 11 is 6.47. The first-order chi connectivity index (χ1) is 10.9. The number of carbonyl (C=O) groups excluding carboxylic acids is 2. The van der Waals surface area contributed by atoms with Crippen molar-refractivity contribution in [1.82, 2.24) is 5.32 Å². The monoisotopic (exact) mass is 442 g/mol. The summed E-state index contributed by atoms with van der Waals surface area (Å²) in [6.07, 6.45) is 0. The highest BCUT2D eigenvalue weighted by molar-refractivity contribution is 9.10. The van der Waals surface area contributed by atoms with Gasteiger partial charge in [0.05, 0.1) is 12.1 Å². The Morgan fingerprint density at radius 3 is 2.52 bits per heavy atom. The molecule has 2 amide bonds. The quantitative estimate of drug-likeness (QED) is 0.749. The lowest BCUT2D eigenvalue weighted by atomic mass is 10.2. The van der Waals surface area contributed by atoms with E-state index in [0.717, 1.165) is 10.0 Å². The number of carbonyl (C=O) groups is 2. The number of amides is 2. The van der Waals surface area contributed by atoms with Gasteiger partial charge in [0, 0.05) is 14.6 Å². The number of hydrogen-bond acceptors (Lipinski definition) is 2. The van der Waals surface area contributed by atoms with Gasteiger partial charge in [-0.25, -0.2) is 4.39 Å². The molecule has 0 heterocycles. The van der Waals surface area contributed by atoms with E-state index in [0.29, 0.717) is 10.2 Å². The molecular formula is C16H13Br2FN2O2. The molecule has 0 spiro atoms. The molecule has 4 nitrogen and oxygen atoms in total. The second-order valence-electron chi connectivity index (χ2n) is 4.81. The largest absolute Gasteiger partial charge is 0.343 e. The van der Waals surface area contributed by atoms with Gasteiger partial charge in [0.2, 0.25) is 5.91 Å². The molecular weight excluding hydrogens is 431 g/mol. The number of hydrogen-bond donors (Lipinski definition) is 2. The zero-order valence-electron chi connectivity index (χ0n) is 12.1. The Morgan fingerprint density at radius 1 is 1.13 bits per heavy atom. The molecule has 120 valence electrons. The average molecular weight is 444 g/mol. The van der Waals surface area contributed by atoms with Crippen LogP contribution >= 0.6 is 31.9 Å². The summed E-state index contributed by atoms with van der Waals surface area (Å²) in [6.45, 7) is 1.69. The van der Waals surface area contributed by atoms with Crippen LogP contribution in [0.4, 0.5) is 10.1 Å². The molecule has 0 bridgehead atoms. The fourth-order valence-corrected chi connectivity index (χ4v) is 2.90. The van der Waals surface area contributed by atoms with E-state index in [4.69, 9.17) is 0 Å². The van der Waals surface area contributed by atoms with Crippen LogP contribution in [0.25, 0.3) is 0 Å². The SMILES string of the molecule is Cc1cc(Br)ccc1NC(=O)CNC(=O)c1ccc(F)cc1Br. The number of anilines is 1. The van der Waals surface area contributed by atoms with Gasteiger partial charge in [-0.1, -0.05) is 15.9 Å². The minimum Gasteiger partial charge on any atom is -0.343 e. The van der Waals surface area contributed by atoms with Gasteiger partial charge < -0.3 is 10.6 Å². The van der Waals surface area contributed by atoms with Crippen LogP contribution in [0.1, 0.15) is 15.9 Å². The second-order valence-corrected chi connectivity index (χ2v) is 6.58. The Morgan fingerprint density at radius 2 is 1.87 bits per heavy atom. The van der Waals surface area contributed by atoms with Crippen LogP contribution in [0, 0.1) is 12.7 Å². The molecule has 0 radical (unpaired) electrons. The first-order valence-electron chi connectivity index (χ1n) is 6.66. The van der Waals surface area contributed by atoms with Crippen molar-refractivity contribution >= 4 is 49.4 Å². The van der Waals surface area contributed by atoms with Gasteiger partial charge in [-0.05, 0) is 64.8 Å². The lowest BCUT2D eigenvalue weighted by Crippen LogP contribution is -2.33. The van der Waals surface area contributed by atoms with E-state index in [1.165, 1.54) is 18.2 Å². The van der Waals surface area contributed by atoms with Crippen molar-refractivity contribution in [3.05, 3.63) is 62.3 Å². The van der Waals surface area contributed by atoms with Gasteiger partial charge in [-0.3, -0.25) is 9.59 Å². The highest BCUT2D eigenvalue weighted by Crippen LogP contribution is 2.20. The summed E-state index contributed by atoms with van der Waals surface area (Å²) in [7, 11) is 0. The Bertz CT molecular complexity index is 766. The summed E-state index contributed by atoms with van der Waals surface area (Å²) in [5.74, 6) is -1.25. The third kappa shape index (κ3) is 4.87.